The molecule has 0 aliphatic heterocycles. The first-order chi connectivity index (χ1) is 12.3. The molecule has 0 aromatic heterocycles. The van der Waals surface area contributed by atoms with Crippen molar-refractivity contribution in [1.82, 2.24) is 0 Å². The third kappa shape index (κ3) is 2.68. The summed E-state index contributed by atoms with van der Waals surface area (Å²) in [5.74, 6) is 0. The van der Waals surface area contributed by atoms with Gasteiger partial charge in [-0.05, 0) is 0 Å². The van der Waals surface area contributed by atoms with E-state index in [-0.39, 0.29) is 0 Å². The molecule has 0 fully saturated rings. The standard InChI is InChI=1S/C19H17.C5H5.Zr/c1-13-10-16-12-15-8-5-9-17(15)19(18(16)11-13)14-6-3-2-4-7-14;1-2-4-5-3-1;/h2-4,6-7,10-12H,5,8-9H2,1H3;1-5H;. The van der Waals surface area contributed by atoms with E-state index in [0.29, 0.717) is 0 Å². The minimum absolute atomic E-state index is 0.570. The zero-order valence-corrected chi connectivity index (χ0v) is 17.1. The predicted octanol–water partition coefficient (Wildman–Crippen LogP) is 6.30. The zero-order valence-electron chi connectivity index (χ0n) is 14.6. The van der Waals surface area contributed by atoms with Gasteiger partial charge in [-0.1, -0.05) is 0 Å². The number of allylic oxidation sites excluding steroid dienone is 5. The average Bonchev–Trinajstić information content (AvgIpc) is 3.36. The number of fused-ring (bicyclic) bond motifs is 2. The molecule has 0 nitrogen and oxygen atoms in total. The fourth-order valence-corrected chi connectivity index (χ4v) is 8.54. The molecule has 0 amide bonds. The molecule has 2 aromatic rings. The van der Waals surface area contributed by atoms with Crippen LogP contribution in [-0.4, -0.2) is 0 Å². The Kier molecular flexibility index (Phi) is 4.02. The van der Waals surface area contributed by atoms with E-state index in [1.54, 1.807) is 33.4 Å². The first-order valence-corrected chi connectivity index (χ1v) is 12.2. The van der Waals surface area contributed by atoms with Gasteiger partial charge in [0.05, 0.1) is 0 Å². The minimum atomic E-state index is -0.570. The molecular weight excluding hydrogens is 379 g/mol. The van der Waals surface area contributed by atoms with Crippen molar-refractivity contribution in [3.63, 3.8) is 0 Å². The summed E-state index contributed by atoms with van der Waals surface area (Å²) in [6, 6.07) is 13.7. The van der Waals surface area contributed by atoms with Crippen LogP contribution in [0.25, 0.3) is 17.2 Å². The molecule has 3 aliphatic carbocycles. The maximum atomic E-state index is 2.59. The fraction of sp³-hybridized carbons (Fsp3) is 0.250. The normalized spacial score (nSPS) is 20.7. The topological polar surface area (TPSA) is 0 Å². The Bertz CT molecular complexity index is 903. The molecular formula is C24H22Zr. The molecule has 3 aliphatic rings. The van der Waals surface area contributed by atoms with Gasteiger partial charge in [0.2, 0.25) is 0 Å². The Hall–Kier alpha value is -1.46. The summed E-state index contributed by atoms with van der Waals surface area (Å²) >= 11 is -0.570. The molecule has 122 valence electrons. The van der Waals surface area contributed by atoms with Gasteiger partial charge in [0.25, 0.3) is 0 Å². The Labute approximate surface area is 161 Å². The van der Waals surface area contributed by atoms with Crippen LogP contribution in [0.15, 0.2) is 66.3 Å². The van der Waals surface area contributed by atoms with Gasteiger partial charge < -0.3 is 0 Å². The number of rotatable bonds is 3. The van der Waals surface area contributed by atoms with Crippen molar-refractivity contribution < 1.29 is 23.2 Å². The van der Waals surface area contributed by atoms with Crippen molar-refractivity contribution >= 4 is 6.08 Å². The molecule has 0 bridgehead atoms. The van der Waals surface area contributed by atoms with Gasteiger partial charge in [-0.25, -0.2) is 0 Å². The number of hydrogen-bond donors (Lipinski definition) is 0. The summed E-state index contributed by atoms with van der Waals surface area (Å²) in [5, 5.41) is 0. The van der Waals surface area contributed by atoms with Crippen LogP contribution in [0.5, 0.6) is 0 Å². The Balaban J connectivity index is 1.66. The monoisotopic (exact) mass is 400 g/mol. The maximum absolute atomic E-state index is 2.59. The third-order valence-corrected chi connectivity index (χ3v) is 10.4. The first-order valence-electron chi connectivity index (χ1n) is 9.34. The van der Waals surface area contributed by atoms with E-state index in [9.17, 15) is 0 Å². The summed E-state index contributed by atoms with van der Waals surface area (Å²) in [4.78, 5) is 0. The second kappa shape index (κ2) is 6.36. The van der Waals surface area contributed by atoms with Crippen LogP contribution >= 0.6 is 0 Å². The average molecular weight is 402 g/mol. The van der Waals surface area contributed by atoms with Crippen LogP contribution in [0.2, 0.25) is 3.63 Å². The van der Waals surface area contributed by atoms with Crippen molar-refractivity contribution in [3.8, 4) is 11.1 Å². The van der Waals surface area contributed by atoms with Gasteiger partial charge in [0.1, 0.15) is 0 Å². The summed E-state index contributed by atoms with van der Waals surface area (Å²) < 4.78 is 1.50. The zero-order chi connectivity index (χ0) is 16.8. The van der Waals surface area contributed by atoms with Gasteiger partial charge >= 0.3 is 162 Å². The van der Waals surface area contributed by atoms with Crippen molar-refractivity contribution in [2.24, 2.45) is 0 Å². The van der Waals surface area contributed by atoms with Crippen LogP contribution in [0.1, 0.15) is 39.2 Å². The van der Waals surface area contributed by atoms with E-state index in [1.165, 1.54) is 24.8 Å². The van der Waals surface area contributed by atoms with Crippen molar-refractivity contribution in [1.29, 1.82) is 0 Å². The summed E-state index contributed by atoms with van der Waals surface area (Å²) in [7, 11) is 0. The number of hydrogen-bond acceptors (Lipinski definition) is 0. The summed E-state index contributed by atoms with van der Waals surface area (Å²) in [6.45, 7) is 2.37. The van der Waals surface area contributed by atoms with Crippen LogP contribution < -0.4 is 0 Å². The van der Waals surface area contributed by atoms with E-state index in [1.807, 2.05) is 0 Å². The predicted molar refractivity (Wildman–Crippen MR) is 102 cm³/mol. The molecule has 1 unspecified atom stereocenters. The second-order valence-corrected chi connectivity index (χ2v) is 11.3. The van der Waals surface area contributed by atoms with Crippen molar-refractivity contribution in [2.45, 2.75) is 33.4 Å². The van der Waals surface area contributed by atoms with Crippen LogP contribution in [0.3, 0.4) is 0 Å². The number of aryl methyl sites for hydroxylation is 1. The molecule has 0 N–H and O–H groups in total. The van der Waals surface area contributed by atoms with Gasteiger partial charge in [0.15, 0.2) is 0 Å². The Morgan fingerprint density at radius 2 is 1.80 bits per heavy atom. The van der Waals surface area contributed by atoms with Crippen LogP contribution in [0, 0.1) is 0 Å². The fourth-order valence-electron chi connectivity index (χ4n) is 4.63. The SMILES string of the molecule is CC1=Cc2c(cc3c(c2-c2ccccc2)CCC3)[CH]1[Zr][CH]1C=CC=C1. The van der Waals surface area contributed by atoms with Gasteiger partial charge in [-0.2, -0.15) is 0 Å². The third-order valence-electron chi connectivity index (χ3n) is 5.78. The van der Waals surface area contributed by atoms with E-state index >= 15 is 0 Å². The molecule has 0 spiro atoms. The van der Waals surface area contributed by atoms with E-state index in [0.717, 1.165) is 7.25 Å². The van der Waals surface area contributed by atoms with Gasteiger partial charge in [-0.3, -0.25) is 0 Å². The molecule has 25 heavy (non-hydrogen) atoms. The summed E-state index contributed by atoms with van der Waals surface area (Å²) in [6.07, 6.45) is 15.7. The molecule has 0 radical (unpaired) electrons. The molecule has 0 saturated heterocycles. The van der Waals surface area contributed by atoms with Crippen LogP contribution in [0.4, 0.5) is 0 Å². The molecule has 1 atom stereocenters. The summed E-state index contributed by atoms with van der Waals surface area (Å²) in [5.41, 5.74) is 11.0. The molecule has 1 heteroatoms. The van der Waals surface area contributed by atoms with Crippen molar-refractivity contribution in [3.05, 3.63) is 88.5 Å². The Morgan fingerprint density at radius 3 is 2.60 bits per heavy atom. The second-order valence-electron chi connectivity index (χ2n) is 7.40. The molecule has 0 saturated carbocycles. The van der Waals surface area contributed by atoms with Gasteiger partial charge in [0, 0.05) is 0 Å². The molecule has 0 heterocycles. The number of benzene rings is 2. The van der Waals surface area contributed by atoms with Crippen molar-refractivity contribution in [2.75, 3.05) is 0 Å². The molecule has 2 aromatic carbocycles. The van der Waals surface area contributed by atoms with E-state index < -0.39 is 23.2 Å². The quantitative estimate of drug-likeness (QED) is 0.566. The first kappa shape index (κ1) is 15.8. The van der Waals surface area contributed by atoms with Gasteiger partial charge in [-0.15, -0.1) is 0 Å². The van der Waals surface area contributed by atoms with E-state index in [4.69, 9.17) is 0 Å². The van der Waals surface area contributed by atoms with Crippen LogP contribution in [-0.2, 0) is 36.1 Å². The van der Waals surface area contributed by atoms with E-state index in [2.05, 4.69) is 73.7 Å². The Morgan fingerprint density at radius 1 is 1.00 bits per heavy atom. The molecule has 5 rings (SSSR count).